The van der Waals surface area contributed by atoms with Gasteiger partial charge in [-0.15, -0.1) is 11.3 Å². The maximum absolute atomic E-state index is 12.1. The van der Waals surface area contributed by atoms with Gasteiger partial charge in [-0.3, -0.25) is 4.79 Å². The Kier molecular flexibility index (Phi) is 3.53. The molecule has 1 aromatic carbocycles. The van der Waals surface area contributed by atoms with Crippen molar-refractivity contribution in [3.63, 3.8) is 0 Å². The minimum Gasteiger partial charge on any atom is -0.507 e. The molecule has 2 aliphatic rings. The molecular weight excluding hydrogens is 328 g/mol. The monoisotopic (exact) mass is 344 g/mol. The Morgan fingerprint density at radius 1 is 1.29 bits per heavy atom. The van der Waals surface area contributed by atoms with Crippen molar-refractivity contribution < 1.29 is 19.8 Å². The summed E-state index contributed by atoms with van der Waals surface area (Å²) < 4.78 is 0. The molecule has 1 aliphatic heterocycles. The summed E-state index contributed by atoms with van der Waals surface area (Å²) in [5, 5.41) is 22.7. The summed E-state index contributed by atoms with van der Waals surface area (Å²) in [6.45, 7) is 0. The molecule has 4 rings (SSSR count). The minimum atomic E-state index is -1.19. The lowest BCUT2D eigenvalue weighted by molar-refractivity contribution is -0.116. The number of rotatable bonds is 2. The van der Waals surface area contributed by atoms with Gasteiger partial charge in [0.1, 0.15) is 16.3 Å². The van der Waals surface area contributed by atoms with Crippen LogP contribution in [-0.4, -0.2) is 27.1 Å². The predicted octanol–water partition coefficient (Wildman–Crippen LogP) is 2.90. The van der Waals surface area contributed by atoms with Crippen LogP contribution in [0.3, 0.4) is 0 Å². The molecule has 0 saturated carbocycles. The van der Waals surface area contributed by atoms with E-state index in [0.717, 1.165) is 36.4 Å². The number of carbonyl (C=O) groups excluding carboxylic acids is 1. The molecular formula is C17H16N2O4S. The number of aryl methyl sites for hydroxylation is 2. The van der Waals surface area contributed by atoms with E-state index in [0.29, 0.717) is 11.3 Å². The number of aromatic hydroxyl groups is 1. The molecule has 1 atom stereocenters. The van der Waals surface area contributed by atoms with Gasteiger partial charge in [0.25, 0.3) is 0 Å². The van der Waals surface area contributed by atoms with Gasteiger partial charge in [-0.25, -0.2) is 9.78 Å². The molecule has 24 heavy (non-hydrogen) atoms. The number of hydrogen-bond donors (Lipinski definition) is 3. The standard InChI is InChI=1S/C17H16N2O4S/c20-13-7-12-8(5-10(13)17(22)23)9(6-15(21)18-12)16-19-11-3-1-2-4-14(11)24-16/h5,7,9,20H,1-4,6H2,(H,18,21)(H,22,23). The second kappa shape index (κ2) is 5.59. The Bertz CT molecular complexity index is 835. The van der Waals surface area contributed by atoms with E-state index in [1.54, 1.807) is 11.3 Å². The fourth-order valence-corrected chi connectivity index (χ4v) is 4.68. The van der Waals surface area contributed by atoms with E-state index in [-0.39, 0.29) is 29.6 Å². The van der Waals surface area contributed by atoms with Crippen LogP contribution in [0.2, 0.25) is 0 Å². The summed E-state index contributed by atoms with van der Waals surface area (Å²) in [7, 11) is 0. The summed E-state index contributed by atoms with van der Waals surface area (Å²) in [4.78, 5) is 29.4. The van der Waals surface area contributed by atoms with Crippen LogP contribution >= 0.6 is 11.3 Å². The van der Waals surface area contributed by atoms with Crippen LogP contribution in [0.25, 0.3) is 0 Å². The Labute approximate surface area is 142 Å². The Morgan fingerprint density at radius 2 is 2.08 bits per heavy atom. The number of carboxylic acids is 1. The van der Waals surface area contributed by atoms with Gasteiger partial charge in [0.2, 0.25) is 5.91 Å². The molecule has 2 heterocycles. The molecule has 0 saturated heterocycles. The first-order valence-electron chi connectivity index (χ1n) is 7.91. The van der Waals surface area contributed by atoms with Gasteiger partial charge in [0, 0.05) is 29.0 Å². The van der Waals surface area contributed by atoms with Crippen molar-refractivity contribution in [2.75, 3.05) is 5.32 Å². The zero-order chi connectivity index (χ0) is 16.8. The molecule has 3 N–H and O–H groups in total. The largest absolute Gasteiger partial charge is 0.507 e. The van der Waals surface area contributed by atoms with Crippen LogP contribution in [-0.2, 0) is 17.6 Å². The van der Waals surface area contributed by atoms with Crippen molar-refractivity contribution >= 4 is 28.9 Å². The first kappa shape index (κ1) is 15.1. The summed E-state index contributed by atoms with van der Waals surface area (Å²) in [5.74, 6) is -1.95. The number of nitrogens with one attached hydrogen (secondary N) is 1. The average molecular weight is 344 g/mol. The Hall–Kier alpha value is -2.41. The first-order valence-corrected chi connectivity index (χ1v) is 8.73. The molecule has 124 valence electrons. The number of hydrogen-bond acceptors (Lipinski definition) is 5. The highest BCUT2D eigenvalue weighted by atomic mass is 32.1. The lowest BCUT2D eigenvalue weighted by atomic mass is 9.89. The molecule has 1 aromatic heterocycles. The van der Waals surface area contributed by atoms with Crippen LogP contribution in [0.4, 0.5) is 5.69 Å². The highest BCUT2D eigenvalue weighted by Crippen LogP contribution is 2.42. The quantitative estimate of drug-likeness (QED) is 0.778. The number of thiazole rings is 1. The van der Waals surface area contributed by atoms with Crippen molar-refractivity contribution in [2.45, 2.75) is 38.0 Å². The Balaban J connectivity index is 1.83. The number of aromatic nitrogens is 1. The number of phenols is 1. The fraction of sp³-hybridized carbons (Fsp3) is 0.353. The van der Waals surface area contributed by atoms with Crippen LogP contribution < -0.4 is 5.32 Å². The first-order chi connectivity index (χ1) is 11.5. The van der Waals surface area contributed by atoms with Crippen LogP contribution in [0.1, 0.15) is 56.7 Å². The van der Waals surface area contributed by atoms with Gasteiger partial charge in [0.15, 0.2) is 0 Å². The molecule has 0 radical (unpaired) electrons. The van der Waals surface area contributed by atoms with E-state index < -0.39 is 5.97 Å². The number of nitrogens with zero attached hydrogens (tertiary/aromatic N) is 1. The van der Waals surface area contributed by atoms with E-state index in [1.165, 1.54) is 17.0 Å². The fourth-order valence-electron chi connectivity index (χ4n) is 3.41. The summed E-state index contributed by atoms with van der Waals surface area (Å²) in [6.07, 6.45) is 4.52. The average Bonchev–Trinajstić information content (AvgIpc) is 2.96. The van der Waals surface area contributed by atoms with Crippen LogP contribution in [0, 0.1) is 0 Å². The lowest BCUT2D eigenvalue weighted by Crippen LogP contribution is -2.24. The smallest absolute Gasteiger partial charge is 0.339 e. The molecule has 1 amide bonds. The summed E-state index contributed by atoms with van der Waals surface area (Å²) in [5.41, 5.74) is 2.13. The van der Waals surface area contributed by atoms with Crippen LogP contribution in [0.5, 0.6) is 5.75 Å². The molecule has 0 fully saturated rings. The number of carboxylic acid groups (broad SMARTS) is 1. The van der Waals surface area contributed by atoms with Crippen molar-refractivity contribution in [3.05, 3.63) is 38.8 Å². The highest BCUT2D eigenvalue weighted by Gasteiger charge is 2.32. The van der Waals surface area contributed by atoms with Crippen LogP contribution in [0.15, 0.2) is 12.1 Å². The molecule has 1 aliphatic carbocycles. The van der Waals surface area contributed by atoms with Crippen molar-refractivity contribution in [2.24, 2.45) is 0 Å². The van der Waals surface area contributed by atoms with Gasteiger partial charge < -0.3 is 15.5 Å². The van der Waals surface area contributed by atoms with Crippen molar-refractivity contribution in [1.82, 2.24) is 4.98 Å². The molecule has 0 spiro atoms. The third kappa shape index (κ3) is 2.45. The third-order valence-electron chi connectivity index (χ3n) is 4.60. The van der Waals surface area contributed by atoms with E-state index in [2.05, 4.69) is 5.32 Å². The van der Waals surface area contributed by atoms with Gasteiger partial charge in [0.05, 0.1) is 5.69 Å². The third-order valence-corrected chi connectivity index (χ3v) is 5.87. The van der Waals surface area contributed by atoms with Gasteiger partial charge >= 0.3 is 5.97 Å². The van der Waals surface area contributed by atoms with Crippen molar-refractivity contribution in [1.29, 1.82) is 0 Å². The zero-order valence-electron chi connectivity index (χ0n) is 12.8. The topological polar surface area (TPSA) is 99.5 Å². The number of carbonyl (C=O) groups is 2. The second-order valence-corrected chi connectivity index (χ2v) is 7.31. The maximum atomic E-state index is 12.1. The number of benzene rings is 1. The second-order valence-electron chi connectivity index (χ2n) is 6.20. The lowest BCUT2D eigenvalue weighted by Gasteiger charge is -2.25. The van der Waals surface area contributed by atoms with Gasteiger partial charge in [-0.05, 0) is 37.3 Å². The molecule has 0 bridgehead atoms. The molecule has 7 heteroatoms. The normalized spacial score (nSPS) is 19.3. The Morgan fingerprint density at radius 3 is 2.83 bits per heavy atom. The molecule has 1 unspecified atom stereocenters. The highest BCUT2D eigenvalue weighted by molar-refractivity contribution is 7.11. The van der Waals surface area contributed by atoms with E-state index in [1.807, 2.05) is 0 Å². The van der Waals surface area contributed by atoms with Gasteiger partial charge in [-0.1, -0.05) is 0 Å². The molecule has 2 aromatic rings. The minimum absolute atomic E-state index is 0.150. The van der Waals surface area contributed by atoms with Gasteiger partial charge in [-0.2, -0.15) is 0 Å². The molecule has 6 nitrogen and oxygen atoms in total. The predicted molar refractivity (Wildman–Crippen MR) is 88.9 cm³/mol. The number of aromatic carboxylic acids is 1. The zero-order valence-corrected chi connectivity index (χ0v) is 13.7. The summed E-state index contributed by atoms with van der Waals surface area (Å²) >= 11 is 1.62. The number of fused-ring (bicyclic) bond motifs is 2. The SMILES string of the molecule is O=C1CC(c2nc3c(s2)CCCC3)c2cc(C(=O)O)c(O)cc2N1. The van der Waals surface area contributed by atoms with E-state index in [9.17, 15) is 19.8 Å². The van der Waals surface area contributed by atoms with Crippen molar-refractivity contribution in [3.8, 4) is 5.75 Å². The van der Waals surface area contributed by atoms with E-state index >= 15 is 0 Å². The number of anilines is 1. The van der Waals surface area contributed by atoms with E-state index in [4.69, 9.17) is 4.98 Å². The number of amides is 1. The maximum Gasteiger partial charge on any atom is 0.339 e. The summed E-state index contributed by atoms with van der Waals surface area (Å²) in [6, 6.07) is 2.77.